The van der Waals surface area contributed by atoms with Gasteiger partial charge < -0.3 is 4.42 Å². The molecule has 4 heterocycles. The molecule has 1 saturated heterocycles. The molecule has 8 nitrogen and oxygen atoms in total. The molecular formula is C25H23N5O3S. The number of imide groups is 1. The molecule has 34 heavy (non-hydrogen) atoms. The quantitative estimate of drug-likeness (QED) is 0.397. The van der Waals surface area contributed by atoms with E-state index in [0.717, 1.165) is 41.8 Å². The molecule has 2 aliphatic rings. The standard InChI is InChI=1S/C25H23N5O3S/c31-24-18-6-1-4-17-5-2-7-19(22(17)18)25(32)30(24)14-13-28-9-11-29(12-10-28)16-21-26-27-23(33-21)20-8-3-15-34-20/h1-8,15H,9-14,16H2. The fraction of sp³-hybridized carbons (Fsp3) is 0.280. The Morgan fingerprint density at radius 2 is 1.53 bits per heavy atom. The third-order valence-corrected chi connectivity index (χ3v) is 7.38. The summed E-state index contributed by atoms with van der Waals surface area (Å²) in [5.41, 5.74) is 1.22. The van der Waals surface area contributed by atoms with Crippen molar-refractivity contribution in [1.29, 1.82) is 0 Å². The highest BCUT2D eigenvalue weighted by Crippen LogP contribution is 2.30. The lowest BCUT2D eigenvalue weighted by Crippen LogP contribution is -2.50. The van der Waals surface area contributed by atoms with Gasteiger partial charge in [0.15, 0.2) is 0 Å². The normalized spacial score (nSPS) is 17.1. The van der Waals surface area contributed by atoms with Gasteiger partial charge in [-0.2, -0.15) is 0 Å². The second-order valence-electron chi connectivity index (χ2n) is 8.57. The van der Waals surface area contributed by atoms with Crippen LogP contribution in [0.25, 0.3) is 21.5 Å². The third-order valence-electron chi connectivity index (χ3n) is 6.52. The lowest BCUT2D eigenvalue weighted by molar-refractivity contribution is 0.0567. The molecule has 0 radical (unpaired) electrons. The third kappa shape index (κ3) is 3.81. The van der Waals surface area contributed by atoms with E-state index in [1.54, 1.807) is 11.3 Å². The first-order chi connectivity index (χ1) is 16.7. The Bertz CT molecular complexity index is 1310. The van der Waals surface area contributed by atoms with Crippen LogP contribution < -0.4 is 0 Å². The van der Waals surface area contributed by atoms with Crippen molar-refractivity contribution < 1.29 is 14.0 Å². The number of carbonyl (C=O) groups excluding carboxylic acids is 2. The van der Waals surface area contributed by atoms with Crippen molar-refractivity contribution in [3.8, 4) is 10.8 Å². The molecule has 0 atom stereocenters. The monoisotopic (exact) mass is 473 g/mol. The molecule has 0 saturated carbocycles. The molecule has 6 rings (SSSR count). The second kappa shape index (κ2) is 8.75. The predicted molar refractivity (Wildman–Crippen MR) is 129 cm³/mol. The average Bonchev–Trinajstić information content (AvgIpc) is 3.56. The van der Waals surface area contributed by atoms with Crippen LogP contribution >= 0.6 is 11.3 Å². The van der Waals surface area contributed by atoms with Gasteiger partial charge >= 0.3 is 0 Å². The molecule has 172 valence electrons. The van der Waals surface area contributed by atoms with Crippen molar-refractivity contribution in [3.63, 3.8) is 0 Å². The van der Waals surface area contributed by atoms with Crippen LogP contribution in [0, 0.1) is 0 Å². The number of hydrogen-bond donors (Lipinski definition) is 0. The van der Waals surface area contributed by atoms with Gasteiger partial charge in [0.2, 0.25) is 5.89 Å². The second-order valence-corrected chi connectivity index (χ2v) is 9.51. The zero-order valence-electron chi connectivity index (χ0n) is 18.5. The molecule has 2 aromatic heterocycles. The molecule has 4 aromatic rings. The van der Waals surface area contributed by atoms with Crippen LogP contribution in [0.3, 0.4) is 0 Å². The number of aromatic nitrogens is 2. The molecule has 0 aliphatic carbocycles. The first-order valence-electron chi connectivity index (χ1n) is 11.4. The maximum atomic E-state index is 13.1. The summed E-state index contributed by atoms with van der Waals surface area (Å²) < 4.78 is 5.81. The van der Waals surface area contributed by atoms with Gasteiger partial charge in [-0.1, -0.05) is 30.3 Å². The Morgan fingerprint density at radius 1 is 0.824 bits per heavy atom. The predicted octanol–water partition coefficient (Wildman–Crippen LogP) is 3.37. The number of benzene rings is 2. The minimum Gasteiger partial charge on any atom is -0.419 e. The zero-order valence-corrected chi connectivity index (χ0v) is 19.3. The molecule has 0 spiro atoms. The van der Waals surface area contributed by atoms with E-state index < -0.39 is 0 Å². The summed E-state index contributed by atoms with van der Waals surface area (Å²) >= 11 is 1.58. The fourth-order valence-corrected chi connectivity index (χ4v) is 5.35. The van der Waals surface area contributed by atoms with Gasteiger partial charge in [-0.3, -0.25) is 24.3 Å². The molecule has 0 N–H and O–H groups in total. The summed E-state index contributed by atoms with van der Waals surface area (Å²) in [4.78, 5) is 33.1. The Morgan fingerprint density at radius 3 is 2.21 bits per heavy atom. The summed E-state index contributed by atoms with van der Waals surface area (Å²) in [5, 5.41) is 12.0. The van der Waals surface area contributed by atoms with Gasteiger partial charge in [0.1, 0.15) is 0 Å². The maximum Gasteiger partial charge on any atom is 0.261 e. The maximum absolute atomic E-state index is 13.1. The van der Waals surface area contributed by atoms with Crippen molar-refractivity contribution in [2.45, 2.75) is 6.54 Å². The Hall–Kier alpha value is -3.40. The highest BCUT2D eigenvalue weighted by Gasteiger charge is 2.33. The Kier molecular flexibility index (Phi) is 5.44. The van der Waals surface area contributed by atoms with E-state index in [1.165, 1.54) is 4.90 Å². The van der Waals surface area contributed by atoms with Crippen LogP contribution in [0.1, 0.15) is 26.6 Å². The molecule has 2 aromatic carbocycles. The number of thiophene rings is 1. The number of hydrogen-bond acceptors (Lipinski definition) is 8. The molecule has 0 unspecified atom stereocenters. The largest absolute Gasteiger partial charge is 0.419 e. The SMILES string of the molecule is O=C1c2cccc3cccc(c23)C(=O)N1CCN1CCN(Cc2nnc(-c3cccs3)o2)CC1. The van der Waals surface area contributed by atoms with E-state index in [-0.39, 0.29) is 11.8 Å². The smallest absolute Gasteiger partial charge is 0.261 e. The molecule has 1 fully saturated rings. The van der Waals surface area contributed by atoms with Crippen LogP contribution in [0.15, 0.2) is 58.3 Å². The topological polar surface area (TPSA) is 82.8 Å². The van der Waals surface area contributed by atoms with Crippen molar-refractivity contribution in [2.24, 2.45) is 0 Å². The van der Waals surface area contributed by atoms with Gasteiger partial charge in [-0.15, -0.1) is 21.5 Å². The lowest BCUT2D eigenvalue weighted by Gasteiger charge is -2.35. The van der Waals surface area contributed by atoms with E-state index in [4.69, 9.17) is 4.42 Å². The first kappa shape index (κ1) is 21.2. The fourth-order valence-electron chi connectivity index (χ4n) is 4.70. The van der Waals surface area contributed by atoms with Crippen LogP contribution in [0.4, 0.5) is 0 Å². The number of piperazine rings is 1. The van der Waals surface area contributed by atoms with Crippen LogP contribution in [-0.4, -0.2) is 76.0 Å². The minimum absolute atomic E-state index is 0.203. The van der Waals surface area contributed by atoms with Gasteiger partial charge in [0.25, 0.3) is 17.7 Å². The van der Waals surface area contributed by atoms with E-state index >= 15 is 0 Å². The van der Waals surface area contributed by atoms with Gasteiger partial charge in [0.05, 0.1) is 11.4 Å². The highest BCUT2D eigenvalue weighted by molar-refractivity contribution is 7.13. The molecule has 9 heteroatoms. The lowest BCUT2D eigenvalue weighted by atomic mass is 9.94. The number of rotatable bonds is 6. The summed E-state index contributed by atoms with van der Waals surface area (Å²) in [6.07, 6.45) is 0. The number of carbonyl (C=O) groups is 2. The van der Waals surface area contributed by atoms with Crippen molar-refractivity contribution >= 4 is 33.9 Å². The summed E-state index contributed by atoms with van der Waals surface area (Å²) in [6, 6.07) is 15.2. The molecular weight excluding hydrogens is 450 g/mol. The van der Waals surface area contributed by atoms with Crippen LogP contribution in [0.2, 0.25) is 0 Å². The van der Waals surface area contributed by atoms with Crippen molar-refractivity contribution in [3.05, 3.63) is 70.9 Å². The zero-order chi connectivity index (χ0) is 23.1. The van der Waals surface area contributed by atoms with Crippen LogP contribution in [-0.2, 0) is 6.54 Å². The van der Waals surface area contributed by atoms with Crippen LogP contribution in [0.5, 0.6) is 0 Å². The highest BCUT2D eigenvalue weighted by atomic mass is 32.1. The van der Waals surface area contributed by atoms with E-state index in [9.17, 15) is 9.59 Å². The minimum atomic E-state index is -0.203. The Balaban J connectivity index is 1.05. The van der Waals surface area contributed by atoms with E-state index in [0.29, 0.717) is 42.5 Å². The number of nitrogens with zero attached hydrogens (tertiary/aromatic N) is 5. The van der Waals surface area contributed by atoms with E-state index in [1.807, 2.05) is 53.9 Å². The van der Waals surface area contributed by atoms with Gasteiger partial charge in [0, 0.05) is 55.8 Å². The van der Waals surface area contributed by atoms with Gasteiger partial charge in [-0.05, 0) is 29.0 Å². The molecule has 2 amide bonds. The Labute approximate surface area is 200 Å². The molecule has 0 bridgehead atoms. The number of amides is 2. The van der Waals surface area contributed by atoms with Crippen molar-refractivity contribution in [2.75, 3.05) is 39.3 Å². The first-order valence-corrected chi connectivity index (χ1v) is 12.2. The van der Waals surface area contributed by atoms with E-state index in [2.05, 4.69) is 20.0 Å². The van der Waals surface area contributed by atoms with Crippen molar-refractivity contribution in [1.82, 2.24) is 24.9 Å². The van der Waals surface area contributed by atoms with Gasteiger partial charge in [-0.25, -0.2) is 0 Å². The summed E-state index contributed by atoms with van der Waals surface area (Å²) in [7, 11) is 0. The summed E-state index contributed by atoms with van der Waals surface area (Å²) in [6.45, 7) is 5.10. The average molecular weight is 474 g/mol. The summed E-state index contributed by atoms with van der Waals surface area (Å²) in [5.74, 6) is 0.780. The molecule has 2 aliphatic heterocycles.